The first-order chi connectivity index (χ1) is 12.5. The van der Waals surface area contributed by atoms with Crippen LogP contribution in [0.2, 0.25) is 5.02 Å². The van der Waals surface area contributed by atoms with Crippen LogP contribution in [0.4, 0.5) is 0 Å². The lowest BCUT2D eigenvalue weighted by Gasteiger charge is -2.07. The maximum Gasteiger partial charge on any atom is 0.192 e. The molecule has 3 aromatic rings. The summed E-state index contributed by atoms with van der Waals surface area (Å²) >= 11 is 9.01. The summed E-state index contributed by atoms with van der Waals surface area (Å²) in [4.78, 5) is 14.7. The highest BCUT2D eigenvalue weighted by Gasteiger charge is 2.17. The van der Waals surface area contributed by atoms with E-state index in [0.29, 0.717) is 22.5 Å². The molecule has 0 saturated carbocycles. The molecule has 0 fully saturated rings. The van der Waals surface area contributed by atoms with Gasteiger partial charge in [-0.05, 0) is 44.2 Å². The third-order valence-corrected chi connectivity index (χ3v) is 5.99. The van der Waals surface area contributed by atoms with E-state index in [0.717, 1.165) is 26.7 Å². The van der Waals surface area contributed by atoms with Crippen molar-refractivity contribution in [2.75, 3.05) is 5.75 Å². The smallest absolute Gasteiger partial charge is 0.192 e. The molecule has 1 aromatic carbocycles. The number of aromatic nitrogens is 3. The Hall–Kier alpha value is -1.89. The minimum Gasteiger partial charge on any atom is -0.298 e. The SMILES string of the molecule is C=CCn1c(SCC(=O)c2cc(C)sc2C)nnc1-c1ccc(Cl)cc1. The van der Waals surface area contributed by atoms with Crippen LogP contribution in [0.15, 0.2) is 48.1 Å². The van der Waals surface area contributed by atoms with Gasteiger partial charge < -0.3 is 0 Å². The van der Waals surface area contributed by atoms with Crippen molar-refractivity contribution in [1.29, 1.82) is 0 Å². The number of halogens is 1. The van der Waals surface area contributed by atoms with Gasteiger partial charge in [-0.25, -0.2) is 0 Å². The number of nitrogens with zero attached hydrogens (tertiary/aromatic N) is 3. The fraction of sp³-hybridized carbons (Fsp3) is 0.211. The van der Waals surface area contributed by atoms with Crippen LogP contribution in [-0.4, -0.2) is 26.3 Å². The van der Waals surface area contributed by atoms with Gasteiger partial charge in [0.1, 0.15) is 0 Å². The predicted octanol–water partition coefficient (Wildman–Crippen LogP) is 5.44. The lowest BCUT2D eigenvalue weighted by atomic mass is 10.2. The Labute approximate surface area is 165 Å². The number of thiophene rings is 1. The van der Waals surface area contributed by atoms with E-state index in [4.69, 9.17) is 11.6 Å². The summed E-state index contributed by atoms with van der Waals surface area (Å²) in [6.45, 7) is 8.37. The highest BCUT2D eigenvalue weighted by molar-refractivity contribution is 7.99. The summed E-state index contributed by atoms with van der Waals surface area (Å²) < 4.78 is 1.96. The minimum absolute atomic E-state index is 0.109. The summed E-state index contributed by atoms with van der Waals surface area (Å²) in [6, 6.07) is 9.41. The Morgan fingerprint density at radius 1 is 1.31 bits per heavy atom. The zero-order valence-corrected chi connectivity index (χ0v) is 16.9. The molecule has 0 atom stereocenters. The standard InChI is InChI=1S/C19H18ClN3OS2/c1-4-9-23-18(14-5-7-15(20)8-6-14)21-22-19(23)25-11-17(24)16-10-12(2)26-13(16)3/h4-8,10H,1,9,11H2,2-3H3. The van der Waals surface area contributed by atoms with Crippen LogP contribution in [0, 0.1) is 13.8 Å². The monoisotopic (exact) mass is 403 g/mol. The summed E-state index contributed by atoms with van der Waals surface area (Å²) in [5.74, 6) is 1.17. The van der Waals surface area contributed by atoms with E-state index in [-0.39, 0.29) is 5.78 Å². The number of thioether (sulfide) groups is 1. The molecule has 26 heavy (non-hydrogen) atoms. The van der Waals surface area contributed by atoms with E-state index >= 15 is 0 Å². The van der Waals surface area contributed by atoms with E-state index in [1.54, 1.807) is 17.4 Å². The van der Waals surface area contributed by atoms with Crippen LogP contribution in [-0.2, 0) is 6.54 Å². The Balaban J connectivity index is 1.81. The van der Waals surface area contributed by atoms with Gasteiger partial charge in [-0.15, -0.1) is 28.1 Å². The number of hydrogen-bond donors (Lipinski definition) is 0. The molecule has 7 heteroatoms. The predicted molar refractivity (Wildman–Crippen MR) is 110 cm³/mol. The van der Waals surface area contributed by atoms with Crippen molar-refractivity contribution in [2.45, 2.75) is 25.5 Å². The molecule has 0 aliphatic rings. The normalized spacial score (nSPS) is 10.9. The molecule has 0 N–H and O–H groups in total. The van der Waals surface area contributed by atoms with Crippen LogP contribution in [0.25, 0.3) is 11.4 Å². The van der Waals surface area contributed by atoms with E-state index in [1.807, 2.05) is 48.7 Å². The van der Waals surface area contributed by atoms with Gasteiger partial charge in [0.25, 0.3) is 0 Å². The Morgan fingerprint density at radius 2 is 2.04 bits per heavy atom. The largest absolute Gasteiger partial charge is 0.298 e. The molecule has 0 spiro atoms. The fourth-order valence-corrected chi connectivity index (χ4v) is 4.52. The van der Waals surface area contributed by atoms with Crippen LogP contribution in [0.3, 0.4) is 0 Å². The average molecular weight is 404 g/mol. The summed E-state index contributed by atoms with van der Waals surface area (Å²) in [6.07, 6.45) is 1.79. The maximum atomic E-state index is 12.5. The Morgan fingerprint density at radius 3 is 2.65 bits per heavy atom. The third-order valence-electron chi connectivity index (χ3n) is 3.80. The number of allylic oxidation sites excluding steroid dienone is 1. The first-order valence-electron chi connectivity index (χ1n) is 8.02. The number of hydrogen-bond acceptors (Lipinski definition) is 5. The molecule has 2 heterocycles. The lowest BCUT2D eigenvalue weighted by Crippen LogP contribution is -2.05. The number of carbonyl (C=O) groups is 1. The van der Waals surface area contributed by atoms with Crippen LogP contribution < -0.4 is 0 Å². The highest BCUT2D eigenvalue weighted by atomic mass is 35.5. The topological polar surface area (TPSA) is 47.8 Å². The summed E-state index contributed by atoms with van der Waals surface area (Å²) in [7, 11) is 0. The molecule has 2 aromatic heterocycles. The van der Waals surface area contributed by atoms with Crippen LogP contribution >= 0.6 is 34.7 Å². The van der Waals surface area contributed by atoms with Crippen molar-refractivity contribution >= 4 is 40.5 Å². The molecule has 0 saturated heterocycles. The molecule has 3 rings (SSSR count). The molecule has 0 bridgehead atoms. The zero-order chi connectivity index (χ0) is 18.7. The summed E-state index contributed by atoms with van der Waals surface area (Å²) in [5.41, 5.74) is 1.72. The first-order valence-corrected chi connectivity index (χ1v) is 10.2. The van der Waals surface area contributed by atoms with Crippen molar-refractivity contribution in [2.24, 2.45) is 0 Å². The minimum atomic E-state index is 0.109. The van der Waals surface area contributed by atoms with Gasteiger partial charge in [-0.1, -0.05) is 29.4 Å². The molecular formula is C19H18ClN3OS2. The van der Waals surface area contributed by atoms with Crippen molar-refractivity contribution in [3.05, 3.63) is 63.3 Å². The molecule has 134 valence electrons. The molecule has 0 amide bonds. The summed E-state index contributed by atoms with van der Waals surface area (Å²) in [5, 5.41) is 9.94. The Bertz CT molecular complexity index is 944. The van der Waals surface area contributed by atoms with Crippen LogP contribution in [0.5, 0.6) is 0 Å². The zero-order valence-electron chi connectivity index (χ0n) is 14.5. The van der Waals surface area contributed by atoms with Crippen molar-refractivity contribution in [1.82, 2.24) is 14.8 Å². The molecule has 0 aliphatic carbocycles. The number of benzene rings is 1. The van der Waals surface area contributed by atoms with E-state index in [9.17, 15) is 4.79 Å². The van der Waals surface area contributed by atoms with Crippen molar-refractivity contribution < 1.29 is 4.79 Å². The number of Topliss-reactive ketones (excluding diaryl/α,β-unsaturated/α-hetero) is 1. The maximum absolute atomic E-state index is 12.5. The number of rotatable bonds is 7. The molecule has 0 aliphatic heterocycles. The number of carbonyl (C=O) groups excluding carboxylic acids is 1. The molecule has 4 nitrogen and oxygen atoms in total. The van der Waals surface area contributed by atoms with Gasteiger partial charge in [0, 0.05) is 32.4 Å². The van der Waals surface area contributed by atoms with Crippen LogP contribution in [0.1, 0.15) is 20.1 Å². The molecular weight excluding hydrogens is 386 g/mol. The fourth-order valence-electron chi connectivity index (χ4n) is 2.62. The quantitative estimate of drug-likeness (QED) is 0.299. The van der Waals surface area contributed by atoms with Gasteiger partial charge in [0.05, 0.1) is 5.75 Å². The Kier molecular flexibility index (Phi) is 5.96. The van der Waals surface area contributed by atoms with E-state index in [1.165, 1.54) is 11.8 Å². The van der Waals surface area contributed by atoms with E-state index in [2.05, 4.69) is 16.8 Å². The van der Waals surface area contributed by atoms with Gasteiger partial charge in [0.15, 0.2) is 16.8 Å². The van der Waals surface area contributed by atoms with Crippen molar-refractivity contribution in [3.63, 3.8) is 0 Å². The van der Waals surface area contributed by atoms with Gasteiger partial charge in [-0.3, -0.25) is 9.36 Å². The third kappa shape index (κ3) is 4.09. The van der Waals surface area contributed by atoms with Crippen molar-refractivity contribution in [3.8, 4) is 11.4 Å². The second-order valence-corrected chi connectivity index (χ2v) is 8.59. The van der Waals surface area contributed by atoms with Gasteiger partial charge in [0.2, 0.25) is 0 Å². The molecule has 0 radical (unpaired) electrons. The average Bonchev–Trinajstić information content (AvgIpc) is 3.16. The second kappa shape index (κ2) is 8.20. The highest BCUT2D eigenvalue weighted by Crippen LogP contribution is 2.27. The second-order valence-electron chi connectivity index (χ2n) is 5.75. The number of ketones is 1. The number of aryl methyl sites for hydroxylation is 2. The van der Waals surface area contributed by atoms with E-state index < -0.39 is 0 Å². The molecule has 0 unspecified atom stereocenters. The van der Waals surface area contributed by atoms with Gasteiger partial charge >= 0.3 is 0 Å². The van der Waals surface area contributed by atoms with Gasteiger partial charge in [-0.2, -0.15) is 0 Å². The lowest BCUT2D eigenvalue weighted by molar-refractivity contribution is 0.102. The first kappa shape index (κ1) is 18.9.